The van der Waals surface area contributed by atoms with E-state index in [0.717, 1.165) is 57.8 Å². The number of aliphatic hydroxyl groups is 3. The third-order valence-corrected chi connectivity index (χ3v) is 6.21. The fraction of sp³-hybridized carbons (Fsp3) is 1.00. The van der Waals surface area contributed by atoms with E-state index in [1.807, 2.05) is 4.90 Å². The molecule has 4 nitrogen and oxygen atoms in total. The van der Waals surface area contributed by atoms with E-state index in [0.29, 0.717) is 38.5 Å². The summed E-state index contributed by atoms with van der Waals surface area (Å²) >= 11 is 0. The lowest BCUT2D eigenvalue weighted by molar-refractivity contribution is -0.340. The predicted octanol–water partition coefficient (Wildman–Crippen LogP) is 3.25. The fourth-order valence-electron chi connectivity index (χ4n) is 5.19. The van der Waals surface area contributed by atoms with Gasteiger partial charge in [-0.2, -0.15) is 0 Å². The van der Waals surface area contributed by atoms with Gasteiger partial charge < -0.3 is 15.3 Å². The Bertz CT molecular complexity index is 309. The zero-order chi connectivity index (χ0) is 15.7. The first-order chi connectivity index (χ1) is 10.5. The molecule has 3 N–H and O–H groups in total. The van der Waals surface area contributed by atoms with Crippen LogP contribution in [0, 0.1) is 0 Å². The van der Waals surface area contributed by atoms with E-state index in [-0.39, 0.29) is 0 Å². The molecule has 0 heterocycles. The van der Waals surface area contributed by atoms with Gasteiger partial charge in [-0.3, -0.25) is 0 Å². The van der Waals surface area contributed by atoms with Crippen molar-refractivity contribution in [3.63, 3.8) is 0 Å². The van der Waals surface area contributed by atoms with Gasteiger partial charge >= 0.3 is 0 Å². The van der Waals surface area contributed by atoms with Gasteiger partial charge in [0.25, 0.3) is 0 Å². The molecule has 0 unspecified atom stereocenters. The Morgan fingerprint density at radius 3 is 0.864 bits per heavy atom. The van der Waals surface area contributed by atoms with E-state index >= 15 is 0 Å². The average molecular weight is 311 g/mol. The second-order valence-corrected chi connectivity index (χ2v) is 7.96. The van der Waals surface area contributed by atoms with Crippen molar-refractivity contribution < 1.29 is 15.3 Å². The lowest BCUT2D eigenvalue weighted by Gasteiger charge is -2.59. The fourth-order valence-corrected chi connectivity index (χ4v) is 5.19. The highest BCUT2D eigenvalue weighted by atomic mass is 16.4. The highest BCUT2D eigenvalue weighted by molar-refractivity contribution is 5.00. The maximum atomic E-state index is 11.4. The van der Waals surface area contributed by atoms with Crippen LogP contribution >= 0.6 is 0 Å². The highest BCUT2D eigenvalue weighted by Gasteiger charge is 2.56. The quantitative estimate of drug-likeness (QED) is 0.700. The average Bonchev–Trinajstić information content (AvgIpc) is 2.48. The number of nitrogens with zero attached hydrogens (tertiary/aromatic N) is 1. The molecular weight excluding hydrogens is 278 g/mol. The maximum absolute atomic E-state index is 11.4. The van der Waals surface area contributed by atoms with Crippen molar-refractivity contribution in [3.8, 4) is 0 Å². The normalized spacial score (nSPS) is 31.1. The van der Waals surface area contributed by atoms with Gasteiger partial charge in [-0.1, -0.05) is 19.3 Å². The lowest BCUT2D eigenvalue weighted by Crippen LogP contribution is -2.71. The summed E-state index contributed by atoms with van der Waals surface area (Å²) in [4.78, 5) is 1.81. The summed E-state index contributed by atoms with van der Waals surface area (Å²) in [5, 5.41) is 34.1. The van der Waals surface area contributed by atoms with Crippen LogP contribution in [-0.4, -0.2) is 37.4 Å². The molecule has 0 spiro atoms. The third kappa shape index (κ3) is 3.08. The first kappa shape index (κ1) is 16.7. The lowest BCUT2D eigenvalue weighted by atomic mass is 9.79. The summed E-state index contributed by atoms with van der Waals surface area (Å²) in [6.07, 6.45) is 13.4. The first-order valence-electron chi connectivity index (χ1n) is 9.46. The molecule has 0 atom stereocenters. The van der Waals surface area contributed by atoms with Crippen LogP contribution in [-0.2, 0) is 0 Å². The van der Waals surface area contributed by atoms with Gasteiger partial charge in [-0.05, 0) is 77.0 Å². The van der Waals surface area contributed by atoms with Crippen LogP contribution in [0.15, 0.2) is 0 Å². The van der Waals surface area contributed by atoms with Crippen molar-refractivity contribution >= 4 is 0 Å². The zero-order valence-corrected chi connectivity index (χ0v) is 13.9. The Balaban J connectivity index is 1.93. The standard InChI is InChI=1S/C18H33NO3/c20-16(10-4-1-5-11-16)19(17(21)12-6-2-7-13-17)18(22)14-8-3-9-15-18/h20-22H,1-15H2. The zero-order valence-electron chi connectivity index (χ0n) is 13.9. The minimum absolute atomic E-state index is 0.678. The summed E-state index contributed by atoms with van der Waals surface area (Å²) in [6.45, 7) is 0. The van der Waals surface area contributed by atoms with Crippen LogP contribution in [0.5, 0.6) is 0 Å². The maximum Gasteiger partial charge on any atom is 0.122 e. The van der Waals surface area contributed by atoms with Crippen molar-refractivity contribution in [2.24, 2.45) is 0 Å². The van der Waals surface area contributed by atoms with E-state index in [1.165, 1.54) is 0 Å². The van der Waals surface area contributed by atoms with Gasteiger partial charge in [0.2, 0.25) is 0 Å². The summed E-state index contributed by atoms with van der Waals surface area (Å²) in [5.41, 5.74) is -3.09. The van der Waals surface area contributed by atoms with Crippen molar-refractivity contribution in [1.29, 1.82) is 0 Å². The van der Waals surface area contributed by atoms with Crippen molar-refractivity contribution in [2.45, 2.75) is 113 Å². The van der Waals surface area contributed by atoms with Crippen LogP contribution in [0.1, 0.15) is 96.3 Å². The largest absolute Gasteiger partial charge is 0.375 e. The molecule has 0 saturated heterocycles. The van der Waals surface area contributed by atoms with Crippen molar-refractivity contribution in [2.75, 3.05) is 0 Å². The molecule has 3 saturated carbocycles. The molecule has 3 fully saturated rings. The second-order valence-electron chi connectivity index (χ2n) is 7.96. The van der Waals surface area contributed by atoms with Crippen LogP contribution in [0.3, 0.4) is 0 Å². The molecular formula is C18H33NO3. The Kier molecular flexibility index (Phi) is 4.84. The van der Waals surface area contributed by atoms with E-state index in [4.69, 9.17) is 0 Å². The Morgan fingerprint density at radius 2 is 0.636 bits per heavy atom. The molecule has 0 aromatic heterocycles. The highest BCUT2D eigenvalue weighted by Crippen LogP contribution is 2.48. The second kappa shape index (κ2) is 6.39. The van der Waals surface area contributed by atoms with Crippen molar-refractivity contribution in [3.05, 3.63) is 0 Å². The third-order valence-electron chi connectivity index (χ3n) is 6.21. The van der Waals surface area contributed by atoms with Gasteiger partial charge in [0.1, 0.15) is 17.2 Å². The summed E-state index contributed by atoms with van der Waals surface area (Å²) in [7, 11) is 0. The van der Waals surface area contributed by atoms with E-state index in [2.05, 4.69) is 0 Å². The van der Waals surface area contributed by atoms with Crippen LogP contribution < -0.4 is 0 Å². The van der Waals surface area contributed by atoms with E-state index < -0.39 is 17.2 Å². The summed E-state index contributed by atoms with van der Waals surface area (Å²) < 4.78 is 0. The molecule has 3 aliphatic carbocycles. The Hall–Kier alpha value is -0.160. The molecule has 0 amide bonds. The predicted molar refractivity (Wildman–Crippen MR) is 85.9 cm³/mol. The topological polar surface area (TPSA) is 63.9 Å². The SMILES string of the molecule is OC1(N(C2(O)CCCCC2)C2(O)CCCCC2)CCCCC1. The van der Waals surface area contributed by atoms with E-state index in [9.17, 15) is 15.3 Å². The molecule has 0 aliphatic heterocycles. The molecule has 0 aromatic carbocycles. The number of rotatable bonds is 3. The van der Waals surface area contributed by atoms with Gasteiger partial charge in [-0.25, -0.2) is 4.90 Å². The minimum atomic E-state index is -1.03. The van der Waals surface area contributed by atoms with Gasteiger partial charge in [0.15, 0.2) is 0 Å². The van der Waals surface area contributed by atoms with Gasteiger partial charge in [0.05, 0.1) is 0 Å². The van der Waals surface area contributed by atoms with Gasteiger partial charge in [-0.15, -0.1) is 0 Å². The van der Waals surface area contributed by atoms with Crippen LogP contribution in [0.2, 0.25) is 0 Å². The molecule has 0 bridgehead atoms. The molecule has 128 valence electrons. The first-order valence-corrected chi connectivity index (χ1v) is 9.46. The molecule has 0 radical (unpaired) electrons. The van der Waals surface area contributed by atoms with Crippen LogP contribution in [0.25, 0.3) is 0 Å². The molecule has 22 heavy (non-hydrogen) atoms. The number of hydrogen-bond donors (Lipinski definition) is 3. The summed E-state index contributed by atoms with van der Waals surface area (Å²) in [5.74, 6) is 0. The smallest absolute Gasteiger partial charge is 0.122 e. The Labute approximate surface area is 134 Å². The van der Waals surface area contributed by atoms with Crippen molar-refractivity contribution in [1.82, 2.24) is 4.90 Å². The Morgan fingerprint density at radius 1 is 0.409 bits per heavy atom. The monoisotopic (exact) mass is 311 g/mol. The molecule has 3 rings (SSSR count). The minimum Gasteiger partial charge on any atom is -0.375 e. The number of hydrogen-bond acceptors (Lipinski definition) is 4. The van der Waals surface area contributed by atoms with E-state index in [1.54, 1.807) is 0 Å². The van der Waals surface area contributed by atoms with Crippen LogP contribution in [0.4, 0.5) is 0 Å². The molecule has 3 aliphatic rings. The molecule has 0 aromatic rings. The summed E-state index contributed by atoms with van der Waals surface area (Å²) in [6, 6.07) is 0. The molecule has 4 heteroatoms. The van der Waals surface area contributed by atoms with Gasteiger partial charge in [0, 0.05) is 0 Å².